The minimum Gasteiger partial charge on any atom is -0.458 e. The predicted octanol–water partition coefficient (Wildman–Crippen LogP) is 4.45. The molecule has 3 rings (SSSR count). The number of benzene rings is 2. The first-order valence-electron chi connectivity index (χ1n) is 7.85. The Morgan fingerprint density at radius 3 is 2.68 bits per heavy atom. The lowest BCUT2D eigenvalue weighted by Crippen LogP contribution is -2.01. The van der Waals surface area contributed by atoms with Crippen LogP contribution in [0.4, 0.5) is 0 Å². The number of esters is 1. The molecule has 0 saturated heterocycles. The summed E-state index contributed by atoms with van der Waals surface area (Å²) in [5.41, 5.74) is 2.96. The van der Waals surface area contributed by atoms with Crippen molar-refractivity contribution in [2.45, 2.75) is 13.2 Å². The average molecular weight is 397 g/mol. The molecule has 0 bridgehead atoms. The molecule has 2 aromatic carbocycles. The molecule has 0 saturated carbocycles. The molecule has 25 heavy (non-hydrogen) atoms. The van der Waals surface area contributed by atoms with Crippen molar-refractivity contribution in [3.63, 3.8) is 0 Å². The van der Waals surface area contributed by atoms with E-state index in [0.717, 1.165) is 15.6 Å². The van der Waals surface area contributed by atoms with Crippen LogP contribution in [0.3, 0.4) is 0 Å². The molecule has 0 atom stereocenters. The molecule has 0 fully saturated rings. The van der Waals surface area contributed by atoms with Gasteiger partial charge >= 0.3 is 5.97 Å². The van der Waals surface area contributed by atoms with Crippen molar-refractivity contribution in [2.75, 3.05) is 0 Å². The van der Waals surface area contributed by atoms with Crippen LogP contribution in [0.1, 0.15) is 16.7 Å². The van der Waals surface area contributed by atoms with Crippen molar-refractivity contribution in [2.24, 2.45) is 0 Å². The summed E-state index contributed by atoms with van der Waals surface area (Å²) in [6.07, 6.45) is 6.74. The second kappa shape index (κ2) is 8.44. The zero-order chi connectivity index (χ0) is 17.5. The van der Waals surface area contributed by atoms with Gasteiger partial charge in [0.05, 0.1) is 12.7 Å². The third-order valence-electron chi connectivity index (χ3n) is 3.58. The van der Waals surface area contributed by atoms with Crippen LogP contribution in [-0.4, -0.2) is 15.7 Å². The van der Waals surface area contributed by atoms with Crippen molar-refractivity contribution in [3.05, 3.63) is 94.2 Å². The molecular weight excluding hydrogens is 380 g/mol. The Morgan fingerprint density at radius 2 is 1.88 bits per heavy atom. The highest BCUT2D eigenvalue weighted by Crippen LogP contribution is 2.16. The van der Waals surface area contributed by atoms with Gasteiger partial charge < -0.3 is 4.74 Å². The Morgan fingerprint density at radius 1 is 1.12 bits per heavy atom. The van der Waals surface area contributed by atoms with Gasteiger partial charge in [-0.2, -0.15) is 5.10 Å². The molecule has 3 aromatic rings. The van der Waals surface area contributed by atoms with E-state index in [2.05, 4.69) is 33.2 Å². The maximum Gasteiger partial charge on any atom is 0.331 e. The van der Waals surface area contributed by atoms with Crippen LogP contribution >= 0.6 is 15.9 Å². The van der Waals surface area contributed by atoms with Gasteiger partial charge in [-0.25, -0.2) is 4.79 Å². The molecule has 126 valence electrons. The number of carbonyl (C=O) groups excluding carboxylic acids is 1. The van der Waals surface area contributed by atoms with E-state index in [4.69, 9.17) is 4.74 Å². The van der Waals surface area contributed by atoms with E-state index in [9.17, 15) is 4.79 Å². The summed E-state index contributed by atoms with van der Waals surface area (Å²) in [5, 5.41) is 4.30. The Bertz CT molecular complexity index is 872. The third kappa shape index (κ3) is 5.16. The molecule has 5 heteroatoms. The molecule has 0 N–H and O–H groups in total. The smallest absolute Gasteiger partial charge is 0.331 e. The molecule has 0 aliphatic rings. The van der Waals surface area contributed by atoms with Crippen LogP contribution in [0, 0.1) is 0 Å². The molecule has 4 nitrogen and oxygen atoms in total. The van der Waals surface area contributed by atoms with E-state index in [1.165, 1.54) is 11.6 Å². The molecule has 0 aliphatic heterocycles. The van der Waals surface area contributed by atoms with Crippen LogP contribution in [0.15, 0.2) is 77.5 Å². The normalized spacial score (nSPS) is 10.9. The first kappa shape index (κ1) is 17.2. The van der Waals surface area contributed by atoms with Gasteiger partial charge in [0.1, 0.15) is 6.61 Å². The van der Waals surface area contributed by atoms with Crippen LogP contribution in [0.25, 0.3) is 6.08 Å². The fraction of sp³-hybridized carbons (Fsp3) is 0.100. The highest BCUT2D eigenvalue weighted by Gasteiger charge is 2.03. The van der Waals surface area contributed by atoms with E-state index in [1.807, 2.05) is 53.3 Å². The quantitative estimate of drug-likeness (QED) is 0.456. The minimum atomic E-state index is -0.383. The number of ether oxygens (including phenoxy) is 1. The molecule has 0 radical (unpaired) electrons. The van der Waals surface area contributed by atoms with Crippen molar-refractivity contribution in [1.82, 2.24) is 9.78 Å². The van der Waals surface area contributed by atoms with Crippen LogP contribution in [0.5, 0.6) is 0 Å². The summed E-state index contributed by atoms with van der Waals surface area (Å²) in [6, 6.07) is 17.7. The monoisotopic (exact) mass is 396 g/mol. The Kier molecular flexibility index (Phi) is 5.80. The van der Waals surface area contributed by atoms with Gasteiger partial charge in [0.2, 0.25) is 0 Å². The van der Waals surface area contributed by atoms with Crippen molar-refractivity contribution in [1.29, 1.82) is 0 Å². The first-order valence-corrected chi connectivity index (χ1v) is 8.64. The van der Waals surface area contributed by atoms with Crippen LogP contribution < -0.4 is 0 Å². The number of rotatable bonds is 6. The van der Waals surface area contributed by atoms with Gasteiger partial charge in [0.25, 0.3) is 0 Å². The standard InChI is InChI=1S/C20H17BrN2O2/c21-19-9-5-4-8-18(19)15-25-20(24)11-10-17-12-22-23(14-17)13-16-6-2-1-3-7-16/h1-12,14H,13,15H2/b11-10+. The third-order valence-corrected chi connectivity index (χ3v) is 4.35. The second-order valence-corrected chi connectivity index (χ2v) is 6.34. The Hall–Kier alpha value is -2.66. The summed E-state index contributed by atoms with van der Waals surface area (Å²) in [7, 11) is 0. The fourth-order valence-corrected chi connectivity index (χ4v) is 2.70. The van der Waals surface area contributed by atoms with Crippen molar-refractivity contribution >= 4 is 28.0 Å². The zero-order valence-electron chi connectivity index (χ0n) is 13.5. The molecule has 0 spiro atoms. The molecule has 1 aromatic heterocycles. The SMILES string of the molecule is O=C(/C=C/c1cnn(Cc2ccccc2)c1)OCc1ccccc1Br. The molecular formula is C20H17BrN2O2. The number of aromatic nitrogens is 2. The number of nitrogens with zero attached hydrogens (tertiary/aromatic N) is 2. The zero-order valence-corrected chi connectivity index (χ0v) is 15.1. The van der Waals surface area contributed by atoms with Gasteiger partial charge in [0, 0.05) is 27.9 Å². The Balaban J connectivity index is 1.53. The molecule has 0 aliphatic carbocycles. The minimum absolute atomic E-state index is 0.234. The molecule has 0 amide bonds. The number of hydrogen-bond acceptors (Lipinski definition) is 3. The number of halogens is 1. The predicted molar refractivity (Wildman–Crippen MR) is 101 cm³/mol. The van der Waals surface area contributed by atoms with E-state index >= 15 is 0 Å². The summed E-state index contributed by atoms with van der Waals surface area (Å²) >= 11 is 3.43. The van der Waals surface area contributed by atoms with E-state index in [0.29, 0.717) is 6.54 Å². The van der Waals surface area contributed by atoms with E-state index in [-0.39, 0.29) is 12.6 Å². The second-order valence-electron chi connectivity index (χ2n) is 5.49. The first-order chi connectivity index (χ1) is 12.2. The lowest BCUT2D eigenvalue weighted by Gasteiger charge is -2.04. The van der Waals surface area contributed by atoms with Gasteiger partial charge in [-0.15, -0.1) is 0 Å². The van der Waals surface area contributed by atoms with Crippen LogP contribution in [0.2, 0.25) is 0 Å². The summed E-state index contributed by atoms with van der Waals surface area (Å²) < 4.78 is 8.01. The van der Waals surface area contributed by atoms with Gasteiger partial charge in [0.15, 0.2) is 0 Å². The van der Waals surface area contributed by atoms with E-state index < -0.39 is 0 Å². The van der Waals surface area contributed by atoms with Gasteiger partial charge in [-0.1, -0.05) is 64.5 Å². The average Bonchev–Trinajstić information content (AvgIpc) is 3.07. The van der Waals surface area contributed by atoms with E-state index in [1.54, 1.807) is 12.3 Å². The number of hydrogen-bond donors (Lipinski definition) is 0. The highest BCUT2D eigenvalue weighted by atomic mass is 79.9. The van der Waals surface area contributed by atoms with Gasteiger partial charge in [-0.05, 0) is 17.7 Å². The topological polar surface area (TPSA) is 44.1 Å². The summed E-state index contributed by atoms with van der Waals surface area (Å²) in [5.74, 6) is -0.383. The summed E-state index contributed by atoms with van der Waals surface area (Å²) in [4.78, 5) is 11.8. The van der Waals surface area contributed by atoms with Crippen LogP contribution in [-0.2, 0) is 22.7 Å². The highest BCUT2D eigenvalue weighted by molar-refractivity contribution is 9.10. The number of carbonyl (C=O) groups is 1. The Labute approximate surface area is 154 Å². The summed E-state index contributed by atoms with van der Waals surface area (Å²) in [6.45, 7) is 0.930. The maximum absolute atomic E-state index is 11.8. The maximum atomic E-state index is 11.8. The molecule has 0 unspecified atom stereocenters. The largest absolute Gasteiger partial charge is 0.458 e. The lowest BCUT2D eigenvalue weighted by molar-refractivity contribution is -0.138. The fourth-order valence-electron chi connectivity index (χ4n) is 2.30. The molecule has 1 heterocycles. The van der Waals surface area contributed by atoms with Crippen molar-refractivity contribution < 1.29 is 9.53 Å². The van der Waals surface area contributed by atoms with Gasteiger partial charge in [-0.3, -0.25) is 4.68 Å². The van der Waals surface area contributed by atoms with Crippen molar-refractivity contribution in [3.8, 4) is 0 Å². The lowest BCUT2D eigenvalue weighted by atomic mass is 10.2.